The lowest BCUT2D eigenvalue weighted by Gasteiger charge is -2.08. The number of nitrogens with one attached hydrogen (secondary N) is 2. The van der Waals surface area contributed by atoms with Crippen molar-refractivity contribution in [3.05, 3.63) is 71.1 Å². The van der Waals surface area contributed by atoms with Crippen LogP contribution >= 0.6 is 11.3 Å². The van der Waals surface area contributed by atoms with E-state index in [4.69, 9.17) is 0 Å². The minimum Gasteiger partial charge on any atom is -0.478 e. The van der Waals surface area contributed by atoms with Crippen LogP contribution in [-0.2, 0) is 4.79 Å². The molecule has 2 amide bonds. The minimum atomic E-state index is -1.11. The predicted molar refractivity (Wildman–Crippen MR) is 105 cm³/mol. The monoisotopic (exact) mass is 380 g/mol. The Morgan fingerprint density at radius 2 is 1.70 bits per heavy atom. The first-order chi connectivity index (χ1) is 13.0. The summed E-state index contributed by atoms with van der Waals surface area (Å²) < 4.78 is 0. The van der Waals surface area contributed by atoms with E-state index in [-0.39, 0.29) is 16.5 Å². The number of hydrogen-bond acceptors (Lipinski definition) is 4. The summed E-state index contributed by atoms with van der Waals surface area (Å²) in [6.45, 7) is 1.38. The maximum atomic E-state index is 12.6. The standard InChI is InChI=1S/C20H16N2O4S/c1-12(23)21-15-9-5-8-14(10-15)18(24)22-19-17(20(25)26)16(11-27-19)13-6-3-2-4-7-13/h2-11H,1H3,(H,21,23)(H,22,24)(H,25,26). The van der Waals surface area contributed by atoms with Crippen LogP contribution in [-0.4, -0.2) is 22.9 Å². The maximum Gasteiger partial charge on any atom is 0.339 e. The molecule has 27 heavy (non-hydrogen) atoms. The molecule has 3 N–H and O–H groups in total. The second-order valence-electron chi connectivity index (χ2n) is 5.74. The molecule has 0 radical (unpaired) electrons. The fourth-order valence-corrected chi connectivity index (χ4v) is 3.57. The molecule has 0 saturated heterocycles. The van der Waals surface area contributed by atoms with E-state index in [0.717, 1.165) is 16.9 Å². The normalized spacial score (nSPS) is 10.3. The summed E-state index contributed by atoms with van der Waals surface area (Å²) in [5, 5.41) is 16.9. The number of carbonyl (C=O) groups excluding carboxylic acids is 2. The van der Waals surface area contributed by atoms with Crippen LogP contribution in [0.25, 0.3) is 11.1 Å². The molecule has 7 heteroatoms. The number of hydrogen-bond donors (Lipinski definition) is 3. The lowest BCUT2D eigenvalue weighted by atomic mass is 10.0. The zero-order chi connectivity index (χ0) is 19.4. The molecule has 0 atom stereocenters. The smallest absolute Gasteiger partial charge is 0.339 e. The highest BCUT2D eigenvalue weighted by Gasteiger charge is 2.21. The topological polar surface area (TPSA) is 95.5 Å². The summed E-state index contributed by atoms with van der Waals surface area (Å²) in [4.78, 5) is 35.5. The van der Waals surface area contributed by atoms with E-state index in [1.807, 2.05) is 30.3 Å². The maximum absolute atomic E-state index is 12.6. The van der Waals surface area contributed by atoms with E-state index >= 15 is 0 Å². The van der Waals surface area contributed by atoms with E-state index in [9.17, 15) is 19.5 Å². The van der Waals surface area contributed by atoms with Gasteiger partial charge in [0.1, 0.15) is 10.6 Å². The van der Waals surface area contributed by atoms with Crippen molar-refractivity contribution in [2.24, 2.45) is 0 Å². The molecular formula is C20H16N2O4S. The van der Waals surface area contributed by atoms with Crippen molar-refractivity contribution in [1.82, 2.24) is 0 Å². The number of thiophene rings is 1. The van der Waals surface area contributed by atoms with E-state index in [1.54, 1.807) is 23.6 Å². The quantitative estimate of drug-likeness (QED) is 0.614. The summed E-state index contributed by atoms with van der Waals surface area (Å²) in [6, 6.07) is 15.6. The van der Waals surface area contributed by atoms with Crippen LogP contribution in [0.1, 0.15) is 27.6 Å². The molecule has 0 aliphatic heterocycles. The first kappa shape index (κ1) is 18.3. The molecule has 136 valence electrons. The fourth-order valence-electron chi connectivity index (χ4n) is 2.61. The summed E-state index contributed by atoms with van der Waals surface area (Å²) in [6.07, 6.45) is 0. The van der Waals surface area contributed by atoms with Crippen molar-refractivity contribution >= 4 is 39.8 Å². The van der Waals surface area contributed by atoms with Gasteiger partial charge in [0.05, 0.1) is 0 Å². The highest BCUT2D eigenvalue weighted by Crippen LogP contribution is 2.35. The third-order valence-electron chi connectivity index (χ3n) is 3.76. The van der Waals surface area contributed by atoms with Crippen LogP contribution in [0.15, 0.2) is 60.0 Å². The number of carbonyl (C=O) groups is 3. The number of carboxylic acids is 1. The Hall–Kier alpha value is -3.45. The number of anilines is 2. The molecule has 1 heterocycles. The average Bonchev–Trinajstić information content (AvgIpc) is 3.06. The first-order valence-corrected chi connectivity index (χ1v) is 8.93. The molecule has 2 aromatic carbocycles. The molecular weight excluding hydrogens is 364 g/mol. The van der Waals surface area contributed by atoms with Crippen LogP contribution in [0.4, 0.5) is 10.7 Å². The molecule has 6 nitrogen and oxygen atoms in total. The van der Waals surface area contributed by atoms with Crippen LogP contribution in [0, 0.1) is 0 Å². The molecule has 0 fully saturated rings. The molecule has 0 unspecified atom stereocenters. The van der Waals surface area contributed by atoms with Crippen molar-refractivity contribution in [2.45, 2.75) is 6.92 Å². The minimum absolute atomic E-state index is 0.0533. The van der Waals surface area contributed by atoms with Gasteiger partial charge in [-0.3, -0.25) is 9.59 Å². The Morgan fingerprint density at radius 1 is 0.963 bits per heavy atom. The number of aromatic carboxylic acids is 1. The lowest BCUT2D eigenvalue weighted by Crippen LogP contribution is -2.14. The van der Waals surface area contributed by atoms with Crippen LogP contribution in [0.3, 0.4) is 0 Å². The van der Waals surface area contributed by atoms with Gasteiger partial charge in [-0.25, -0.2) is 4.79 Å². The Kier molecular flexibility index (Phi) is 5.33. The van der Waals surface area contributed by atoms with Gasteiger partial charge in [-0.05, 0) is 23.8 Å². The van der Waals surface area contributed by atoms with Gasteiger partial charge in [0.15, 0.2) is 0 Å². The van der Waals surface area contributed by atoms with Crippen LogP contribution in [0.2, 0.25) is 0 Å². The fraction of sp³-hybridized carbons (Fsp3) is 0.0500. The largest absolute Gasteiger partial charge is 0.478 e. The van der Waals surface area contributed by atoms with Gasteiger partial charge in [0.2, 0.25) is 5.91 Å². The second-order valence-corrected chi connectivity index (χ2v) is 6.62. The molecule has 3 rings (SSSR count). The van der Waals surface area contributed by atoms with Crippen molar-refractivity contribution < 1.29 is 19.5 Å². The highest BCUT2D eigenvalue weighted by atomic mass is 32.1. The van der Waals surface area contributed by atoms with Gasteiger partial charge < -0.3 is 15.7 Å². The second kappa shape index (κ2) is 7.84. The average molecular weight is 380 g/mol. The number of benzene rings is 2. The Balaban J connectivity index is 1.90. The first-order valence-electron chi connectivity index (χ1n) is 8.05. The van der Waals surface area contributed by atoms with Gasteiger partial charge in [0.25, 0.3) is 5.91 Å². The van der Waals surface area contributed by atoms with Gasteiger partial charge >= 0.3 is 5.97 Å². The molecule has 0 aliphatic carbocycles. The molecule has 0 spiro atoms. The number of carboxylic acid groups (broad SMARTS) is 1. The van der Waals surface area contributed by atoms with Gasteiger partial charge in [-0.1, -0.05) is 36.4 Å². The van der Waals surface area contributed by atoms with Crippen molar-refractivity contribution in [3.63, 3.8) is 0 Å². The Morgan fingerprint density at radius 3 is 2.37 bits per heavy atom. The van der Waals surface area contributed by atoms with Crippen molar-refractivity contribution in [1.29, 1.82) is 0 Å². The summed E-state index contributed by atoms with van der Waals surface area (Å²) in [5.41, 5.74) is 2.17. The Bertz CT molecular complexity index is 1010. The van der Waals surface area contributed by atoms with Crippen LogP contribution < -0.4 is 10.6 Å². The summed E-state index contributed by atoms with van der Waals surface area (Å²) >= 11 is 1.15. The number of amides is 2. The van der Waals surface area contributed by atoms with E-state index in [2.05, 4.69) is 10.6 Å². The highest BCUT2D eigenvalue weighted by molar-refractivity contribution is 7.15. The zero-order valence-corrected chi connectivity index (χ0v) is 15.2. The number of rotatable bonds is 5. The molecule has 0 saturated carbocycles. The van der Waals surface area contributed by atoms with E-state index < -0.39 is 11.9 Å². The predicted octanol–water partition coefficient (Wildman–Crippen LogP) is 4.32. The van der Waals surface area contributed by atoms with Gasteiger partial charge in [0, 0.05) is 29.1 Å². The lowest BCUT2D eigenvalue weighted by molar-refractivity contribution is -0.114. The zero-order valence-electron chi connectivity index (χ0n) is 14.4. The molecule has 3 aromatic rings. The summed E-state index contributed by atoms with van der Waals surface area (Å²) in [5.74, 6) is -1.81. The van der Waals surface area contributed by atoms with Crippen molar-refractivity contribution in [2.75, 3.05) is 10.6 Å². The Labute approximate surface area is 159 Å². The van der Waals surface area contributed by atoms with Crippen LogP contribution in [0.5, 0.6) is 0 Å². The van der Waals surface area contributed by atoms with E-state index in [0.29, 0.717) is 16.8 Å². The third kappa shape index (κ3) is 4.21. The van der Waals surface area contributed by atoms with Crippen molar-refractivity contribution in [3.8, 4) is 11.1 Å². The van der Waals surface area contributed by atoms with E-state index in [1.165, 1.54) is 13.0 Å². The molecule has 1 aromatic heterocycles. The molecule has 0 bridgehead atoms. The van der Waals surface area contributed by atoms with Gasteiger partial charge in [-0.15, -0.1) is 11.3 Å². The molecule has 0 aliphatic rings. The SMILES string of the molecule is CC(=O)Nc1cccc(C(=O)Nc2scc(-c3ccccc3)c2C(=O)O)c1. The third-order valence-corrected chi connectivity index (χ3v) is 4.66. The summed E-state index contributed by atoms with van der Waals surface area (Å²) in [7, 11) is 0. The van der Waals surface area contributed by atoms with Gasteiger partial charge in [-0.2, -0.15) is 0 Å².